The lowest BCUT2D eigenvalue weighted by Crippen LogP contribution is -2.34. The summed E-state index contributed by atoms with van der Waals surface area (Å²) in [5.74, 6) is 2.05. The molecule has 2 N–H and O–H groups in total. The highest BCUT2D eigenvalue weighted by atomic mass is 16.5. The van der Waals surface area contributed by atoms with E-state index in [0.717, 1.165) is 37.5 Å². The summed E-state index contributed by atoms with van der Waals surface area (Å²) >= 11 is 0. The summed E-state index contributed by atoms with van der Waals surface area (Å²) in [6.45, 7) is 5.29. The predicted molar refractivity (Wildman–Crippen MR) is 94.6 cm³/mol. The van der Waals surface area contributed by atoms with E-state index in [-0.39, 0.29) is 6.03 Å². The zero-order valence-corrected chi connectivity index (χ0v) is 14.6. The Balaban J connectivity index is 1.40. The van der Waals surface area contributed by atoms with Crippen LogP contribution in [0.4, 0.5) is 10.5 Å². The maximum absolute atomic E-state index is 12.0. The lowest BCUT2D eigenvalue weighted by atomic mass is 10.1. The molecule has 0 bridgehead atoms. The smallest absolute Gasteiger partial charge is 0.319 e. The van der Waals surface area contributed by atoms with Crippen LogP contribution in [0.25, 0.3) is 0 Å². The fourth-order valence-electron chi connectivity index (χ4n) is 3.05. The van der Waals surface area contributed by atoms with Crippen molar-refractivity contribution in [3.8, 4) is 5.75 Å². The van der Waals surface area contributed by atoms with Gasteiger partial charge in [-0.05, 0) is 37.9 Å². The maximum atomic E-state index is 12.0. The molecule has 1 aromatic carbocycles. The molecule has 1 atom stereocenters. The molecule has 1 aliphatic heterocycles. The molecule has 1 aliphatic rings. The first kappa shape index (κ1) is 17.3. The third kappa shape index (κ3) is 4.96. The zero-order valence-electron chi connectivity index (χ0n) is 14.6. The third-order valence-electron chi connectivity index (χ3n) is 4.31. The van der Waals surface area contributed by atoms with Gasteiger partial charge in [-0.1, -0.05) is 11.2 Å². The van der Waals surface area contributed by atoms with Crippen molar-refractivity contribution in [2.45, 2.75) is 19.9 Å². The molecule has 25 heavy (non-hydrogen) atoms. The SMILES string of the molecule is COc1cccc(NC(=O)NC[C@@H]2CCN(Cc3cc(C)no3)C2)c1. The van der Waals surface area contributed by atoms with Gasteiger partial charge in [-0.15, -0.1) is 0 Å². The molecule has 0 spiro atoms. The minimum absolute atomic E-state index is 0.197. The topological polar surface area (TPSA) is 79.6 Å². The minimum atomic E-state index is -0.197. The van der Waals surface area contributed by atoms with E-state index in [4.69, 9.17) is 9.26 Å². The Labute approximate surface area is 147 Å². The van der Waals surface area contributed by atoms with E-state index in [2.05, 4.69) is 20.7 Å². The largest absolute Gasteiger partial charge is 0.497 e. The molecule has 0 radical (unpaired) electrons. The van der Waals surface area contributed by atoms with E-state index in [1.54, 1.807) is 13.2 Å². The number of hydrogen-bond donors (Lipinski definition) is 2. The van der Waals surface area contributed by atoms with Gasteiger partial charge in [0, 0.05) is 30.9 Å². The van der Waals surface area contributed by atoms with Crippen molar-refractivity contribution in [2.24, 2.45) is 5.92 Å². The van der Waals surface area contributed by atoms with Crippen LogP contribution in [0.2, 0.25) is 0 Å². The first-order chi connectivity index (χ1) is 12.1. The van der Waals surface area contributed by atoms with Gasteiger partial charge in [0.25, 0.3) is 0 Å². The molecule has 1 saturated heterocycles. The molecule has 0 aliphatic carbocycles. The number of nitrogens with one attached hydrogen (secondary N) is 2. The molecule has 0 unspecified atom stereocenters. The zero-order chi connectivity index (χ0) is 17.6. The van der Waals surface area contributed by atoms with Crippen molar-refractivity contribution in [1.82, 2.24) is 15.4 Å². The molecular weight excluding hydrogens is 320 g/mol. The lowest BCUT2D eigenvalue weighted by Gasteiger charge is -2.15. The number of amides is 2. The number of carbonyl (C=O) groups is 1. The van der Waals surface area contributed by atoms with Gasteiger partial charge in [0.1, 0.15) is 5.75 Å². The number of hydrogen-bond acceptors (Lipinski definition) is 5. The highest BCUT2D eigenvalue weighted by Gasteiger charge is 2.23. The highest BCUT2D eigenvalue weighted by Crippen LogP contribution is 2.19. The summed E-state index contributed by atoms with van der Waals surface area (Å²) < 4.78 is 10.4. The van der Waals surface area contributed by atoms with Gasteiger partial charge in [-0.2, -0.15) is 0 Å². The van der Waals surface area contributed by atoms with E-state index >= 15 is 0 Å². The molecule has 2 aromatic rings. The summed E-state index contributed by atoms with van der Waals surface area (Å²) in [6.07, 6.45) is 1.06. The number of likely N-dealkylation sites (tertiary alicyclic amines) is 1. The number of nitrogens with zero attached hydrogens (tertiary/aromatic N) is 2. The van der Waals surface area contributed by atoms with Crippen LogP contribution in [0.5, 0.6) is 5.75 Å². The van der Waals surface area contributed by atoms with E-state index in [1.807, 2.05) is 31.2 Å². The van der Waals surface area contributed by atoms with Gasteiger partial charge in [-0.3, -0.25) is 4.90 Å². The first-order valence-electron chi connectivity index (χ1n) is 8.46. The van der Waals surface area contributed by atoms with E-state index in [0.29, 0.717) is 23.9 Å². The molecule has 134 valence electrons. The number of benzene rings is 1. The van der Waals surface area contributed by atoms with Crippen molar-refractivity contribution in [3.63, 3.8) is 0 Å². The molecule has 1 aromatic heterocycles. The average molecular weight is 344 g/mol. The quantitative estimate of drug-likeness (QED) is 0.842. The Hall–Kier alpha value is -2.54. The second-order valence-electron chi connectivity index (χ2n) is 6.39. The fourth-order valence-corrected chi connectivity index (χ4v) is 3.05. The Morgan fingerprint density at radius 1 is 1.44 bits per heavy atom. The second-order valence-corrected chi connectivity index (χ2v) is 6.39. The van der Waals surface area contributed by atoms with Gasteiger partial charge in [0.15, 0.2) is 5.76 Å². The van der Waals surface area contributed by atoms with Crippen molar-refractivity contribution >= 4 is 11.7 Å². The Kier molecular flexibility index (Phi) is 5.55. The Morgan fingerprint density at radius 2 is 2.32 bits per heavy atom. The van der Waals surface area contributed by atoms with Crippen LogP contribution >= 0.6 is 0 Å². The maximum Gasteiger partial charge on any atom is 0.319 e. The number of urea groups is 1. The van der Waals surface area contributed by atoms with Gasteiger partial charge in [0.2, 0.25) is 0 Å². The predicted octanol–water partition coefficient (Wildman–Crippen LogP) is 2.64. The second kappa shape index (κ2) is 8.02. The van der Waals surface area contributed by atoms with E-state index in [9.17, 15) is 4.79 Å². The molecule has 7 heteroatoms. The van der Waals surface area contributed by atoms with Gasteiger partial charge < -0.3 is 19.9 Å². The van der Waals surface area contributed by atoms with Gasteiger partial charge in [0.05, 0.1) is 19.3 Å². The summed E-state index contributed by atoms with van der Waals surface area (Å²) in [7, 11) is 1.60. The molecule has 1 fully saturated rings. The number of anilines is 1. The first-order valence-corrected chi connectivity index (χ1v) is 8.46. The van der Waals surface area contributed by atoms with Crippen LogP contribution in [0.3, 0.4) is 0 Å². The lowest BCUT2D eigenvalue weighted by molar-refractivity contribution is 0.247. The molecule has 2 heterocycles. The van der Waals surface area contributed by atoms with Crippen LogP contribution in [-0.2, 0) is 6.54 Å². The van der Waals surface area contributed by atoms with Crippen molar-refractivity contribution in [3.05, 3.63) is 41.8 Å². The van der Waals surface area contributed by atoms with E-state index in [1.165, 1.54) is 0 Å². The molecule has 2 amide bonds. The van der Waals surface area contributed by atoms with Crippen LogP contribution in [0, 0.1) is 12.8 Å². The van der Waals surface area contributed by atoms with Crippen LogP contribution < -0.4 is 15.4 Å². The summed E-state index contributed by atoms with van der Waals surface area (Å²) in [5, 5.41) is 9.69. The van der Waals surface area contributed by atoms with Gasteiger partial charge >= 0.3 is 6.03 Å². The normalized spacial score (nSPS) is 17.4. The van der Waals surface area contributed by atoms with Crippen molar-refractivity contribution < 1.29 is 14.1 Å². The average Bonchev–Trinajstić information content (AvgIpc) is 3.22. The van der Waals surface area contributed by atoms with Crippen molar-refractivity contribution in [1.29, 1.82) is 0 Å². The summed E-state index contributed by atoms with van der Waals surface area (Å²) in [5.41, 5.74) is 1.62. The summed E-state index contributed by atoms with van der Waals surface area (Å²) in [6, 6.07) is 9.07. The standard InChI is InChI=1S/C18H24N4O3/c1-13-8-17(25-21-13)12-22-7-6-14(11-22)10-19-18(23)20-15-4-3-5-16(9-15)24-2/h3-5,8-9,14H,6-7,10-12H2,1-2H3,(H2,19,20,23)/t14-/m0/s1. The number of rotatable bonds is 6. The number of aromatic nitrogens is 1. The Bertz CT molecular complexity index is 716. The molecule has 7 nitrogen and oxygen atoms in total. The van der Waals surface area contributed by atoms with Crippen molar-refractivity contribution in [2.75, 3.05) is 32.1 Å². The molecule has 0 saturated carbocycles. The molecule has 3 rings (SSSR count). The number of carbonyl (C=O) groups excluding carboxylic acids is 1. The van der Waals surface area contributed by atoms with Gasteiger partial charge in [-0.25, -0.2) is 4.79 Å². The third-order valence-corrected chi connectivity index (χ3v) is 4.31. The molecular formula is C18H24N4O3. The monoisotopic (exact) mass is 344 g/mol. The number of aryl methyl sites for hydroxylation is 1. The number of methoxy groups -OCH3 is 1. The minimum Gasteiger partial charge on any atom is -0.497 e. The highest BCUT2D eigenvalue weighted by molar-refractivity contribution is 5.89. The van der Waals surface area contributed by atoms with E-state index < -0.39 is 0 Å². The van der Waals surface area contributed by atoms with Crippen LogP contribution in [-0.4, -0.2) is 42.8 Å². The van der Waals surface area contributed by atoms with Crippen LogP contribution in [0.15, 0.2) is 34.9 Å². The summed E-state index contributed by atoms with van der Waals surface area (Å²) in [4.78, 5) is 14.4. The number of ether oxygens (including phenoxy) is 1. The Morgan fingerprint density at radius 3 is 3.08 bits per heavy atom. The fraction of sp³-hybridized carbons (Fsp3) is 0.444. The van der Waals surface area contributed by atoms with Crippen LogP contribution in [0.1, 0.15) is 17.9 Å².